The number of ketones is 1. The van der Waals surface area contributed by atoms with Crippen LogP contribution in [0.2, 0.25) is 0 Å². The maximum Gasteiger partial charge on any atom is 0.381 e. The van der Waals surface area contributed by atoms with Gasteiger partial charge < -0.3 is 9.47 Å². The summed E-state index contributed by atoms with van der Waals surface area (Å²) in [5.41, 5.74) is -0.583. The highest BCUT2D eigenvalue weighted by atomic mass is 19.3. The van der Waals surface area contributed by atoms with Crippen LogP contribution in [0.15, 0.2) is 24.3 Å². The van der Waals surface area contributed by atoms with E-state index in [1.54, 1.807) is 6.92 Å². The van der Waals surface area contributed by atoms with Crippen molar-refractivity contribution in [3.63, 3.8) is 0 Å². The van der Waals surface area contributed by atoms with Gasteiger partial charge in [-0.25, -0.2) is 4.79 Å². The molecule has 0 unspecified atom stereocenters. The van der Waals surface area contributed by atoms with Crippen molar-refractivity contribution in [2.75, 3.05) is 13.2 Å². The first-order chi connectivity index (χ1) is 10.4. The fourth-order valence-corrected chi connectivity index (χ4v) is 1.64. The Morgan fingerprint density at radius 3 is 2.50 bits per heavy atom. The summed E-state index contributed by atoms with van der Waals surface area (Å²) >= 11 is 0. The van der Waals surface area contributed by atoms with Crippen molar-refractivity contribution in [1.82, 2.24) is 0 Å². The second-order valence-corrected chi connectivity index (χ2v) is 4.77. The van der Waals surface area contributed by atoms with Crippen molar-refractivity contribution in [2.45, 2.75) is 39.0 Å². The summed E-state index contributed by atoms with van der Waals surface area (Å²) in [6, 6.07) is 5.03. The fourth-order valence-electron chi connectivity index (χ4n) is 1.64. The molecule has 1 rings (SSSR count). The maximum absolute atomic E-state index is 14.1. The van der Waals surface area contributed by atoms with Crippen LogP contribution in [0.3, 0.4) is 0 Å². The Morgan fingerprint density at radius 2 is 1.86 bits per heavy atom. The topological polar surface area (TPSA) is 52.6 Å². The van der Waals surface area contributed by atoms with Gasteiger partial charge in [0.1, 0.15) is 5.75 Å². The molecule has 0 saturated heterocycles. The number of carbonyl (C=O) groups is 2. The SMILES string of the molecule is CCCCOc1cccc(C(F)(F)C(=O)C(=O)OCCC)c1. The second-order valence-electron chi connectivity index (χ2n) is 4.77. The largest absolute Gasteiger partial charge is 0.494 e. The second kappa shape index (κ2) is 8.46. The van der Waals surface area contributed by atoms with Gasteiger partial charge in [0.15, 0.2) is 0 Å². The predicted molar refractivity (Wildman–Crippen MR) is 77.0 cm³/mol. The first-order valence-electron chi connectivity index (χ1n) is 7.26. The Morgan fingerprint density at radius 1 is 1.14 bits per heavy atom. The fraction of sp³-hybridized carbons (Fsp3) is 0.500. The monoisotopic (exact) mass is 314 g/mol. The van der Waals surface area contributed by atoms with Crippen LogP contribution in [0.4, 0.5) is 8.78 Å². The van der Waals surface area contributed by atoms with E-state index in [1.807, 2.05) is 6.92 Å². The van der Waals surface area contributed by atoms with Crippen LogP contribution in [0.5, 0.6) is 5.75 Å². The Labute approximate surface area is 128 Å². The van der Waals surface area contributed by atoms with Crippen molar-refractivity contribution in [3.8, 4) is 5.75 Å². The van der Waals surface area contributed by atoms with Gasteiger partial charge in [0, 0.05) is 5.56 Å². The summed E-state index contributed by atoms with van der Waals surface area (Å²) < 4.78 is 38.0. The molecule has 0 aliphatic heterocycles. The quantitative estimate of drug-likeness (QED) is 0.398. The lowest BCUT2D eigenvalue weighted by molar-refractivity contribution is -0.167. The first-order valence-corrected chi connectivity index (χ1v) is 7.26. The average Bonchev–Trinajstić information content (AvgIpc) is 2.52. The van der Waals surface area contributed by atoms with Gasteiger partial charge in [-0.1, -0.05) is 32.4 Å². The van der Waals surface area contributed by atoms with E-state index < -0.39 is 23.2 Å². The van der Waals surface area contributed by atoms with Gasteiger partial charge in [0.25, 0.3) is 0 Å². The number of alkyl halides is 2. The van der Waals surface area contributed by atoms with Crippen molar-refractivity contribution in [1.29, 1.82) is 0 Å². The number of Topliss-reactive ketones (excluding diaryl/α,β-unsaturated/α-hetero) is 1. The molecule has 0 N–H and O–H groups in total. The van der Waals surface area contributed by atoms with E-state index in [4.69, 9.17) is 4.74 Å². The van der Waals surface area contributed by atoms with Gasteiger partial charge in [-0.15, -0.1) is 0 Å². The Kier molecular flexibility index (Phi) is 6.95. The number of ether oxygens (including phenoxy) is 2. The normalized spacial score (nSPS) is 11.1. The van der Waals surface area contributed by atoms with E-state index in [9.17, 15) is 18.4 Å². The van der Waals surface area contributed by atoms with Gasteiger partial charge in [-0.3, -0.25) is 4.79 Å². The lowest BCUT2D eigenvalue weighted by Gasteiger charge is -2.15. The zero-order valence-corrected chi connectivity index (χ0v) is 12.7. The van der Waals surface area contributed by atoms with Crippen LogP contribution in [0, 0.1) is 0 Å². The van der Waals surface area contributed by atoms with E-state index >= 15 is 0 Å². The molecule has 122 valence electrons. The highest BCUT2D eigenvalue weighted by molar-refractivity contribution is 6.36. The molecule has 0 radical (unpaired) electrons. The summed E-state index contributed by atoms with van der Waals surface area (Å²) in [7, 11) is 0. The smallest absolute Gasteiger partial charge is 0.381 e. The molecule has 1 aromatic carbocycles. The Bertz CT molecular complexity index is 515. The molecule has 0 amide bonds. The summed E-state index contributed by atoms with van der Waals surface area (Å²) in [6.07, 6.45) is 2.16. The van der Waals surface area contributed by atoms with Crippen molar-refractivity contribution in [3.05, 3.63) is 29.8 Å². The molecule has 0 aromatic heterocycles. The minimum atomic E-state index is -3.94. The van der Waals surface area contributed by atoms with Crippen molar-refractivity contribution < 1.29 is 27.8 Å². The van der Waals surface area contributed by atoms with E-state index in [0.717, 1.165) is 25.0 Å². The van der Waals surface area contributed by atoms with E-state index in [0.29, 0.717) is 13.0 Å². The van der Waals surface area contributed by atoms with Crippen LogP contribution < -0.4 is 4.74 Å². The average molecular weight is 314 g/mol. The van der Waals surface area contributed by atoms with Gasteiger partial charge >= 0.3 is 17.7 Å². The van der Waals surface area contributed by atoms with Gasteiger partial charge in [0.2, 0.25) is 0 Å². The van der Waals surface area contributed by atoms with Crippen LogP contribution in [-0.2, 0) is 20.2 Å². The number of rotatable bonds is 9. The number of halogens is 2. The van der Waals surface area contributed by atoms with Crippen molar-refractivity contribution in [2.24, 2.45) is 0 Å². The third-order valence-electron chi connectivity index (χ3n) is 2.87. The van der Waals surface area contributed by atoms with Gasteiger partial charge in [-0.05, 0) is 25.0 Å². The molecule has 22 heavy (non-hydrogen) atoms. The highest BCUT2D eigenvalue weighted by Crippen LogP contribution is 2.31. The molecule has 0 bridgehead atoms. The number of benzene rings is 1. The summed E-state index contributed by atoms with van der Waals surface area (Å²) in [4.78, 5) is 22.9. The van der Waals surface area contributed by atoms with Crippen LogP contribution in [-0.4, -0.2) is 25.0 Å². The summed E-state index contributed by atoms with van der Waals surface area (Å²) in [5.74, 6) is -7.09. The van der Waals surface area contributed by atoms with Crippen LogP contribution in [0.1, 0.15) is 38.7 Å². The van der Waals surface area contributed by atoms with E-state index in [2.05, 4.69) is 4.74 Å². The highest BCUT2D eigenvalue weighted by Gasteiger charge is 2.46. The maximum atomic E-state index is 14.1. The lowest BCUT2D eigenvalue weighted by atomic mass is 10.0. The molecule has 6 heteroatoms. The predicted octanol–water partition coefficient (Wildman–Crippen LogP) is 3.48. The van der Waals surface area contributed by atoms with Gasteiger partial charge in [-0.2, -0.15) is 8.78 Å². The molecular weight excluding hydrogens is 294 g/mol. The van der Waals surface area contributed by atoms with Gasteiger partial charge in [0.05, 0.1) is 13.2 Å². The van der Waals surface area contributed by atoms with E-state index in [-0.39, 0.29) is 12.4 Å². The molecule has 4 nitrogen and oxygen atoms in total. The molecular formula is C16H20F2O4. The summed E-state index contributed by atoms with van der Waals surface area (Å²) in [6.45, 7) is 4.01. The van der Waals surface area contributed by atoms with Crippen molar-refractivity contribution >= 4 is 11.8 Å². The molecule has 1 aromatic rings. The number of hydrogen-bond donors (Lipinski definition) is 0. The molecule has 0 aliphatic carbocycles. The molecule has 0 aliphatic rings. The third-order valence-corrected chi connectivity index (χ3v) is 2.87. The number of hydrogen-bond acceptors (Lipinski definition) is 4. The lowest BCUT2D eigenvalue weighted by Crippen LogP contribution is -2.34. The van der Waals surface area contributed by atoms with E-state index in [1.165, 1.54) is 12.1 Å². The zero-order valence-electron chi connectivity index (χ0n) is 12.7. The standard InChI is InChI=1S/C16H20F2O4/c1-3-5-10-21-13-8-6-7-12(11-13)16(17,18)14(19)15(20)22-9-4-2/h6-8,11H,3-5,9-10H2,1-2H3. The molecule has 0 heterocycles. The Hall–Kier alpha value is -1.98. The molecule has 0 fully saturated rings. The number of carbonyl (C=O) groups excluding carboxylic acids is 2. The third kappa shape index (κ3) is 4.79. The molecule has 0 spiro atoms. The number of esters is 1. The number of unbranched alkanes of at least 4 members (excludes halogenated alkanes) is 1. The summed E-state index contributed by atoms with van der Waals surface area (Å²) in [5, 5.41) is 0. The minimum Gasteiger partial charge on any atom is -0.494 e. The minimum absolute atomic E-state index is 0.0686. The first kappa shape index (κ1) is 18.1. The zero-order chi connectivity index (χ0) is 16.6. The Balaban J connectivity index is 2.85. The molecule has 0 atom stereocenters. The molecule has 0 saturated carbocycles. The van der Waals surface area contributed by atoms with Crippen LogP contribution in [0.25, 0.3) is 0 Å². The van der Waals surface area contributed by atoms with Crippen LogP contribution >= 0.6 is 0 Å².